The molecule has 1 aromatic carbocycles. The third kappa shape index (κ3) is 5.81. The highest BCUT2D eigenvalue weighted by Crippen LogP contribution is 2.32. The molecule has 1 amide bonds. The van der Waals surface area contributed by atoms with Gasteiger partial charge in [0.05, 0.1) is 21.2 Å². The van der Waals surface area contributed by atoms with Crippen LogP contribution in [0.1, 0.15) is 51.8 Å². The number of carbonyl (C=O) groups excluding carboxylic acids is 1. The number of benzene rings is 1. The zero-order valence-corrected chi connectivity index (χ0v) is 20.5. The minimum absolute atomic E-state index is 0.0895. The van der Waals surface area contributed by atoms with Crippen LogP contribution in [0.2, 0.25) is 0 Å². The summed E-state index contributed by atoms with van der Waals surface area (Å²) in [5, 5.41) is 12.5. The fourth-order valence-electron chi connectivity index (χ4n) is 3.86. The molecule has 0 radical (unpaired) electrons. The predicted molar refractivity (Wildman–Crippen MR) is 130 cm³/mol. The Morgan fingerprint density at radius 2 is 2.06 bits per heavy atom. The van der Waals surface area contributed by atoms with E-state index in [4.69, 9.17) is 0 Å². The number of amides is 1. The summed E-state index contributed by atoms with van der Waals surface area (Å²) in [6.45, 7) is 5.62. The molecule has 6 nitrogen and oxygen atoms in total. The quantitative estimate of drug-likeness (QED) is 0.419. The van der Waals surface area contributed by atoms with E-state index in [9.17, 15) is 4.79 Å². The lowest BCUT2D eigenvalue weighted by Crippen LogP contribution is -2.35. The Balaban J connectivity index is 1.32. The maximum absolute atomic E-state index is 12.6. The SMILES string of the molecule is CCn1c(CSc2nc3ccccc3s2)nnc1SC(C)C(=O)NCC1CCCCC1. The van der Waals surface area contributed by atoms with Gasteiger partial charge >= 0.3 is 0 Å². The van der Waals surface area contributed by atoms with Crippen molar-refractivity contribution in [3.63, 3.8) is 0 Å². The zero-order chi connectivity index (χ0) is 21.6. The molecule has 166 valence electrons. The molecule has 1 saturated carbocycles. The van der Waals surface area contributed by atoms with Crippen molar-refractivity contribution < 1.29 is 4.79 Å². The molecule has 0 saturated heterocycles. The molecule has 1 aliphatic carbocycles. The topological polar surface area (TPSA) is 72.7 Å². The summed E-state index contributed by atoms with van der Waals surface area (Å²) in [5.74, 6) is 2.36. The fraction of sp³-hybridized carbons (Fsp3) is 0.545. The number of carbonyl (C=O) groups is 1. The average molecular weight is 476 g/mol. The van der Waals surface area contributed by atoms with Crippen molar-refractivity contribution in [3.8, 4) is 0 Å². The number of thioether (sulfide) groups is 2. The van der Waals surface area contributed by atoms with Gasteiger partial charge in [-0.2, -0.15) is 0 Å². The number of thiazole rings is 1. The van der Waals surface area contributed by atoms with Gasteiger partial charge in [-0.3, -0.25) is 4.79 Å². The second-order valence-electron chi connectivity index (χ2n) is 7.89. The van der Waals surface area contributed by atoms with Crippen LogP contribution in [0, 0.1) is 5.92 Å². The van der Waals surface area contributed by atoms with Gasteiger partial charge in [0.15, 0.2) is 9.50 Å². The van der Waals surface area contributed by atoms with Gasteiger partial charge in [0.1, 0.15) is 5.82 Å². The van der Waals surface area contributed by atoms with Crippen molar-refractivity contribution in [1.82, 2.24) is 25.1 Å². The standard InChI is InChI=1S/C22H29N5OS3/c1-3-27-19(14-29-22-24-17-11-7-8-12-18(17)31-22)25-26-21(27)30-15(2)20(28)23-13-16-9-5-4-6-10-16/h7-8,11-12,15-16H,3-6,9-10,13-14H2,1-2H3,(H,23,28). The van der Waals surface area contributed by atoms with E-state index in [1.807, 2.05) is 25.1 Å². The molecule has 9 heteroatoms. The molecule has 2 aromatic heterocycles. The lowest BCUT2D eigenvalue weighted by atomic mass is 9.89. The van der Waals surface area contributed by atoms with Gasteiger partial charge in [-0.15, -0.1) is 21.5 Å². The Hall–Kier alpha value is -1.58. The summed E-state index contributed by atoms with van der Waals surface area (Å²) in [6.07, 6.45) is 6.40. The molecular weight excluding hydrogens is 446 g/mol. The number of aromatic nitrogens is 4. The summed E-state index contributed by atoms with van der Waals surface area (Å²) in [5.41, 5.74) is 1.04. The van der Waals surface area contributed by atoms with Crippen molar-refractivity contribution in [2.45, 2.75) is 73.0 Å². The Morgan fingerprint density at radius 3 is 2.84 bits per heavy atom. The van der Waals surface area contributed by atoms with Crippen LogP contribution in [0.4, 0.5) is 0 Å². The first-order chi connectivity index (χ1) is 15.1. The van der Waals surface area contributed by atoms with E-state index in [1.54, 1.807) is 23.1 Å². The molecule has 1 aliphatic rings. The molecule has 1 atom stereocenters. The van der Waals surface area contributed by atoms with E-state index in [-0.39, 0.29) is 11.2 Å². The average Bonchev–Trinajstić information content (AvgIpc) is 3.39. The van der Waals surface area contributed by atoms with Crippen LogP contribution in [0.15, 0.2) is 33.8 Å². The summed E-state index contributed by atoms with van der Waals surface area (Å²) >= 11 is 4.88. The van der Waals surface area contributed by atoms with E-state index < -0.39 is 0 Å². The summed E-state index contributed by atoms with van der Waals surface area (Å²) in [7, 11) is 0. The van der Waals surface area contributed by atoms with Crippen molar-refractivity contribution in [2.75, 3.05) is 6.54 Å². The molecule has 1 fully saturated rings. The Kier molecular flexibility index (Phi) is 7.90. The summed E-state index contributed by atoms with van der Waals surface area (Å²) < 4.78 is 4.35. The van der Waals surface area contributed by atoms with Crippen LogP contribution in [0.5, 0.6) is 0 Å². The smallest absolute Gasteiger partial charge is 0.233 e. The minimum atomic E-state index is -0.192. The van der Waals surface area contributed by atoms with Gasteiger partial charge in [-0.1, -0.05) is 54.9 Å². The number of nitrogens with zero attached hydrogens (tertiary/aromatic N) is 4. The van der Waals surface area contributed by atoms with Gasteiger partial charge in [0.2, 0.25) is 5.91 Å². The molecular formula is C22H29N5OS3. The first kappa shape index (κ1) is 22.6. The molecule has 3 aromatic rings. The Labute approximate surface area is 196 Å². The molecule has 2 heterocycles. The summed E-state index contributed by atoms with van der Waals surface area (Å²) in [4.78, 5) is 17.3. The highest BCUT2D eigenvalue weighted by molar-refractivity contribution is 8.00. The van der Waals surface area contributed by atoms with Crippen molar-refractivity contribution in [3.05, 3.63) is 30.1 Å². The van der Waals surface area contributed by atoms with E-state index in [0.29, 0.717) is 11.7 Å². The molecule has 1 unspecified atom stereocenters. The van der Waals surface area contributed by atoms with Crippen molar-refractivity contribution in [1.29, 1.82) is 0 Å². The first-order valence-electron chi connectivity index (χ1n) is 11.0. The molecule has 0 bridgehead atoms. The second-order valence-corrected chi connectivity index (χ2v) is 11.4. The number of hydrogen-bond donors (Lipinski definition) is 1. The van der Waals surface area contributed by atoms with E-state index >= 15 is 0 Å². The third-order valence-electron chi connectivity index (χ3n) is 5.65. The monoisotopic (exact) mass is 475 g/mol. The first-order valence-corrected chi connectivity index (χ1v) is 13.7. The molecule has 1 N–H and O–H groups in total. The van der Waals surface area contributed by atoms with E-state index in [0.717, 1.165) is 33.9 Å². The van der Waals surface area contributed by atoms with Crippen LogP contribution in [-0.4, -0.2) is 37.5 Å². The van der Waals surface area contributed by atoms with E-state index in [1.165, 1.54) is 48.6 Å². The normalized spacial score (nSPS) is 15.9. The number of hydrogen-bond acceptors (Lipinski definition) is 7. The van der Waals surface area contributed by atoms with Crippen molar-refractivity contribution in [2.24, 2.45) is 5.92 Å². The Morgan fingerprint density at radius 1 is 1.26 bits per heavy atom. The number of rotatable bonds is 9. The van der Waals surface area contributed by atoms with Gasteiger partial charge in [-0.25, -0.2) is 4.98 Å². The van der Waals surface area contributed by atoms with E-state index in [2.05, 4.69) is 38.1 Å². The fourth-order valence-corrected chi connectivity index (χ4v) is 6.83. The van der Waals surface area contributed by atoms with Gasteiger partial charge < -0.3 is 9.88 Å². The minimum Gasteiger partial charge on any atom is -0.355 e. The number of para-hydroxylation sites is 1. The maximum Gasteiger partial charge on any atom is 0.233 e. The van der Waals surface area contributed by atoms with Gasteiger partial charge in [0, 0.05) is 13.1 Å². The van der Waals surface area contributed by atoms with Crippen LogP contribution in [-0.2, 0) is 17.1 Å². The van der Waals surface area contributed by atoms with Crippen LogP contribution >= 0.6 is 34.9 Å². The third-order valence-corrected chi connectivity index (χ3v) is 8.91. The largest absolute Gasteiger partial charge is 0.355 e. The van der Waals surface area contributed by atoms with Gasteiger partial charge in [-0.05, 0) is 44.7 Å². The molecule has 31 heavy (non-hydrogen) atoms. The highest BCUT2D eigenvalue weighted by atomic mass is 32.2. The number of nitrogens with one attached hydrogen (secondary N) is 1. The van der Waals surface area contributed by atoms with Crippen LogP contribution < -0.4 is 5.32 Å². The van der Waals surface area contributed by atoms with Crippen molar-refractivity contribution >= 4 is 51.0 Å². The zero-order valence-electron chi connectivity index (χ0n) is 18.0. The predicted octanol–water partition coefficient (Wildman–Crippen LogP) is 5.38. The number of fused-ring (bicyclic) bond motifs is 1. The summed E-state index contributed by atoms with van der Waals surface area (Å²) in [6, 6.07) is 8.19. The molecule has 0 spiro atoms. The highest BCUT2D eigenvalue weighted by Gasteiger charge is 2.21. The van der Waals surface area contributed by atoms with Crippen LogP contribution in [0.25, 0.3) is 10.2 Å². The van der Waals surface area contributed by atoms with Gasteiger partial charge in [0.25, 0.3) is 0 Å². The maximum atomic E-state index is 12.6. The second kappa shape index (κ2) is 10.8. The molecule has 0 aliphatic heterocycles. The Bertz CT molecular complexity index is 979. The van der Waals surface area contributed by atoms with Crippen LogP contribution in [0.3, 0.4) is 0 Å². The lowest BCUT2D eigenvalue weighted by Gasteiger charge is -2.22. The molecule has 4 rings (SSSR count). The lowest BCUT2D eigenvalue weighted by molar-refractivity contribution is -0.120.